The van der Waals surface area contributed by atoms with E-state index in [9.17, 15) is 0 Å². The number of hydrogen-bond acceptors (Lipinski definition) is 2. The third-order valence-electron chi connectivity index (χ3n) is 4.11. The number of rotatable bonds is 4. The van der Waals surface area contributed by atoms with E-state index in [-0.39, 0.29) is 0 Å². The first kappa shape index (κ1) is 12.9. The molecule has 1 aliphatic rings. The second kappa shape index (κ2) is 5.14. The number of aromatic nitrogens is 2. The van der Waals surface area contributed by atoms with Gasteiger partial charge in [0.1, 0.15) is 5.82 Å². The van der Waals surface area contributed by atoms with Gasteiger partial charge >= 0.3 is 0 Å². The molecule has 0 bridgehead atoms. The Morgan fingerprint density at radius 2 is 2.26 bits per heavy atom. The number of imidazole rings is 1. The molecule has 1 aromatic heterocycles. The van der Waals surface area contributed by atoms with Crippen molar-refractivity contribution in [1.29, 1.82) is 0 Å². The first-order chi connectivity index (χ1) is 9.20. The fourth-order valence-electron chi connectivity index (χ4n) is 2.80. The zero-order valence-electron chi connectivity index (χ0n) is 11.5. The van der Waals surface area contributed by atoms with Gasteiger partial charge in [0.25, 0.3) is 0 Å². The highest BCUT2D eigenvalue weighted by Crippen LogP contribution is 2.30. The van der Waals surface area contributed by atoms with Gasteiger partial charge in [-0.25, -0.2) is 4.98 Å². The standard InChI is InChI=1S/C15H20ClN3/c1-3-6-19-14-7-12(16)4-5-13(14)18-15(19)10(2)11-8-17-9-11/h4-5,7,10-11,17H,3,6,8-9H2,1-2H3. The summed E-state index contributed by atoms with van der Waals surface area (Å²) in [6, 6.07) is 5.99. The van der Waals surface area contributed by atoms with Crippen molar-refractivity contribution >= 4 is 22.6 Å². The molecule has 1 aromatic carbocycles. The van der Waals surface area contributed by atoms with Crippen LogP contribution in [-0.2, 0) is 6.54 Å². The Morgan fingerprint density at radius 1 is 1.47 bits per heavy atom. The third kappa shape index (κ3) is 2.26. The Balaban J connectivity index is 2.08. The van der Waals surface area contributed by atoms with E-state index in [1.54, 1.807) is 0 Å². The number of hydrogen-bond donors (Lipinski definition) is 1. The van der Waals surface area contributed by atoms with E-state index in [4.69, 9.17) is 16.6 Å². The summed E-state index contributed by atoms with van der Waals surface area (Å²) in [5.74, 6) is 2.42. The summed E-state index contributed by atoms with van der Waals surface area (Å²) in [6.45, 7) is 7.72. The normalized spacial score (nSPS) is 17.6. The predicted octanol–water partition coefficient (Wildman–Crippen LogP) is 3.42. The molecule has 1 saturated heterocycles. The molecule has 1 fully saturated rings. The first-order valence-corrected chi connectivity index (χ1v) is 7.45. The molecule has 0 amide bonds. The zero-order valence-corrected chi connectivity index (χ0v) is 12.2. The van der Waals surface area contributed by atoms with Crippen molar-refractivity contribution in [3.63, 3.8) is 0 Å². The Labute approximate surface area is 119 Å². The maximum Gasteiger partial charge on any atom is 0.113 e. The maximum absolute atomic E-state index is 6.13. The highest BCUT2D eigenvalue weighted by molar-refractivity contribution is 6.31. The average molecular weight is 278 g/mol. The fourth-order valence-corrected chi connectivity index (χ4v) is 2.96. The van der Waals surface area contributed by atoms with Crippen molar-refractivity contribution in [2.75, 3.05) is 13.1 Å². The monoisotopic (exact) mass is 277 g/mol. The van der Waals surface area contributed by atoms with Crippen molar-refractivity contribution in [3.8, 4) is 0 Å². The van der Waals surface area contributed by atoms with E-state index in [0.29, 0.717) is 11.8 Å². The molecule has 1 N–H and O–H groups in total. The van der Waals surface area contributed by atoms with Gasteiger partial charge in [-0.1, -0.05) is 25.4 Å². The second-order valence-corrected chi connectivity index (χ2v) is 5.90. The molecule has 0 radical (unpaired) electrons. The molecule has 4 heteroatoms. The van der Waals surface area contributed by atoms with Gasteiger partial charge in [-0.15, -0.1) is 0 Å². The highest BCUT2D eigenvalue weighted by atomic mass is 35.5. The molecule has 2 heterocycles. The smallest absolute Gasteiger partial charge is 0.113 e. The van der Waals surface area contributed by atoms with E-state index in [0.717, 1.165) is 36.6 Å². The molecule has 1 atom stereocenters. The van der Waals surface area contributed by atoms with Crippen LogP contribution in [0.15, 0.2) is 18.2 Å². The fraction of sp³-hybridized carbons (Fsp3) is 0.533. The van der Waals surface area contributed by atoms with Gasteiger partial charge < -0.3 is 9.88 Å². The molecule has 0 saturated carbocycles. The highest BCUT2D eigenvalue weighted by Gasteiger charge is 2.28. The lowest BCUT2D eigenvalue weighted by molar-refractivity contribution is 0.291. The van der Waals surface area contributed by atoms with E-state index in [2.05, 4.69) is 23.7 Å². The maximum atomic E-state index is 6.13. The molecule has 1 aliphatic heterocycles. The van der Waals surface area contributed by atoms with E-state index < -0.39 is 0 Å². The quantitative estimate of drug-likeness (QED) is 0.928. The summed E-state index contributed by atoms with van der Waals surface area (Å²) in [5.41, 5.74) is 2.23. The van der Waals surface area contributed by atoms with Gasteiger partial charge in [0, 0.05) is 17.5 Å². The number of aryl methyl sites for hydroxylation is 1. The number of halogens is 1. The average Bonchev–Trinajstić information content (AvgIpc) is 2.66. The first-order valence-electron chi connectivity index (χ1n) is 7.07. The second-order valence-electron chi connectivity index (χ2n) is 5.46. The molecule has 102 valence electrons. The largest absolute Gasteiger partial charge is 0.328 e. The minimum Gasteiger partial charge on any atom is -0.328 e. The Morgan fingerprint density at radius 3 is 2.89 bits per heavy atom. The molecule has 1 unspecified atom stereocenters. The molecule has 3 nitrogen and oxygen atoms in total. The van der Waals surface area contributed by atoms with Gasteiger partial charge in [0.05, 0.1) is 11.0 Å². The van der Waals surface area contributed by atoms with E-state index >= 15 is 0 Å². The minimum absolute atomic E-state index is 0.499. The number of nitrogens with one attached hydrogen (secondary N) is 1. The molecule has 0 aliphatic carbocycles. The van der Waals surface area contributed by atoms with Crippen molar-refractivity contribution < 1.29 is 0 Å². The van der Waals surface area contributed by atoms with Gasteiger partial charge in [-0.3, -0.25) is 0 Å². The Kier molecular flexibility index (Phi) is 3.50. The molecule has 3 rings (SSSR count). The van der Waals surface area contributed by atoms with Crippen LogP contribution in [-0.4, -0.2) is 22.6 Å². The number of fused-ring (bicyclic) bond motifs is 1. The van der Waals surface area contributed by atoms with E-state index in [1.165, 1.54) is 11.3 Å². The van der Waals surface area contributed by atoms with Crippen LogP contribution < -0.4 is 5.32 Å². The van der Waals surface area contributed by atoms with Crippen molar-refractivity contribution in [2.24, 2.45) is 5.92 Å². The summed E-state index contributed by atoms with van der Waals surface area (Å²) in [7, 11) is 0. The summed E-state index contributed by atoms with van der Waals surface area (Å²) < 4.78 is 2.35. The lowest BCUT2D eigenvalue weighted by Gasteiger charge is -2.32. The number of benzene rings is 1. The van der Waals surface area contributed by atoms with Crippen molar-refractivity contribution in [2.45, 2.75) is 32.7 Å². The lowest BCUT2D eigenvalue weighted by Crippen LogP contribution is -2.45. The van der Waals surface area contributed by atoms with Crippen molar-refractivity contribution in [1.82, 2.24) is 14.9 Å². The Hall–Kier alpha value is -1.06. The van der Waals surface area contributed by atoms with Gasteiger partial charge in [0.15, 0.2) is 0 Å². The summed E-state index contributed by atoms with van der Waals surface area (Å²) in [4.78, 5) is 4.85. The van der Waals surface area contributed by atoms with E-state index in [1.807, 2.05) is 18.2 Å². The van der Waals surface area contributed by atoms with Crippen LogP contribution in [0.5, 0.6) is 0 Å². The van der Waals surface area contributed by atoms with Gasteiger partial charge in [0.2, 0.25) is 0 Å². The SMILES string of the molecule is CCCn1c(C(C)C2CNC2)nc2ccc(Cl)cc21. The topological polar surface area (TPSA) is 29.9 Å². The van der Waals surface area contributed by atoms with Crippen LogP contribution in [0.1, 0.15) is 32.0 Å². The zero-order chi connectivity index (χ0) is 13.4. The van der Waals surface area contributed by atoms with Crippen LogP contribution >= 0.6 is 11.6 Å². The molecule has 19 heavy (non-hydrogen) atoms. The summed E-state index contributed by atoms with van der Waals surface area (Å²) >= 11 is 6.13. The van der Waals surface area contributed by atoms with Crippen LogP contribution in [0, 0.1) is 5.92 Å². The van der Waals surface area contributed by atoms with Crippen LogP contribution in [0.4, 0.5) is 0 Å². The van der Waals surface area contributed by atoms with Crippen molar-refractivity contribution in [3.05, 3.63) is 29.0 Å². The minimum atomic E-state index is 0.499. The summed E-state index contributed by atoms with van der Waals surface area (Å²) in [6.07, 6.45) is 1.11. The molecule has 0 spiro atoms. The third-order valence-corrected chi connectivity index (χ3v) is 4.35. The lowest BCUT2D eigenvalue weighted by atomic mass is 9.88. The van der Waals surface area contributed by atoms with Gasteiger partial charge in [-0.2, -0.15) is 0 Å². The van der Waals surface area contributed by atoms with Crippen LogP contribution in [0.3, 0.4) is 0 Å². The Bertz CT molecular complexity index is 586. The molecular formula is C15H20ClN3. The van der Waals surface area contributed by atoms with Crippen LogP contribution in [0.2, 0.25) is 5.02 Å². The van der Waals surface area contributed by atoms with Crippen LogP contribution in [0.25, 0.3) is 11.0 Å². The number of nitrogens with zero attached hydrogens (tertiary/aromatic N) is 2. The molecule has 2 aromatic rings. The summed E-state index contributed by atoms with van der Waals surface area (Å²) in [5, 5.41) is 4.13. The molecular weight excluding hydrogens is 258 g/mol. The van der Waals surface area contributed by atoms with Gasteiger partial charge in [-0.05, 0) is 43.6 Å². The predicted molar refractivity (Wildman–Crippen MR) is 79.8 cm³/mol.